The van der Waals surface area contributed by atoms with Crippen LogP contribution in [0.3, 0.4) is 0 Å². The number of Topliss-reactive ketones (excluding diaryl/α,β-unsaturated/α-hetero) is 1. The van der Waals surface area contributed by atoms with Crippen LogP contribution in [0.15, 0.2) is 30.3 Å². The van der Waals surface area contributed by atoms with Gasteiger partial charge in [0, 0.05) is 12.5 Å². The number of nitrogens with zero attached hydrogens (tertiary/aromatic N) is 1. The molecule has 0 radical (unpaired) electrons. The molecule has 0 saturated carbocycles. The minimum absolute atomic E-state index is 0.0544. The number of ether oxygens (including phenoxy) is 2. The first-order valence-corrected chi connectivity index (χ1v) is 11.5. The first kappa shape index (κ1) is 22.7. The number of anilines is 1. The molecule has 2 amide bonds. The number of hydrogen-bond acceptors (Lipinski definition) is 6. The molecule has 0 spiro atoms. The highest BCUT2D eigenvalue weighted by atomic mass is 35.5. The Labute approximate surface area is 193 Å². The summed E-state index contributed by atoms with van der Waals surface area (Å²) >= 11 is 6.99. The SMILES string of the molecule is O=C(NC[C@H]1CN(c2ccc(CCC3CCOCC3=O)cc2F)C(=O)O1)c1ccc(Cl)s1. The molecule has 2 aliphatic heterocycles. The smallest absolute Gasteiger partial charge is 0.414 e. The molecule has 170 valence electrons. The second kappa shape index (κ2) is 9.97. The molecule has 10 heteroatoms. The molecule has 2 aromatic rings. The number of thiophene rings is 1. The van der Waals surface area contributed by atoms with Crippen LogP contribution >= 0.6 is 22.9 Å². The van der Waals surface area contributed by atoms with Crippen LogP contribution in [0.2, 0.25) is 4.34 Å². The van der Waals surface area contributed by atoms with Crippen LogP contribution in [-0.2, 0) is 20.7 Å². The van der Waals surface area contributed by atoms with Gasteiger partial charge in [-0.15, -0.1) is 11.3 Å². The predicted molar refractivity (Wildman–Crippen MR) is 118 cm³/mol. The van der Waals surface area contributed by atoms with Crippen LogP contribution in [0.1, 0.15) is 28.1 Å². The molecule has 4 rings (SSSR count). The van der Waals surface area contributed by atoms with E-state index in [1.807, 2.05) is 0 Å². The lowest BCUT2D eigenvalue weighted by Gasteiger charge is -2.21. The van der Waals surface area contributed by atoms with Gasteiger partial charge in [0.05, 0.1) is 28.0 Å². The van der Waals surface area contributed by atoms with Gasteiger partial charge in [-0.3, -0.25) is 14.5 Å². The number of nitrogens with one attached hydrogen (secondary N) is 1. The molecule has 1 aromatic heterocycles. The molecule has 7 nitrogen and oxygen atoms in total. The summed E-state index contributed by atoms with van der Waals surface area (Å²) in [6.45, 7) is 0.952. The predicted octanol–water partition coefficient (Wildman–Crippen LogP) is 3.83. The Bertz CT molecular complexity index is 1030. The van der Waals surface area contributed by atoms with Gasteiger partial charge in [-0.05, 0) is 49.1 Å². The Hall–Kier alpha value is -2.49. The number of ketones is 1. The largest absolute Gasteiger partial charge is 0.442 e. The Morgan fingerprint density at radius 3 is 2.84 bits per heavy atom. The van der Waals surface area contributed by atoms with Crippen LogP contribution in [0, 0.1) is 11.7 Å². The van der Waals surface area contributed by atoms with E-state index in [2.05, 4.69) is 5.32 Å². The Balaban J connectivity index is 1.32. The van der Waals surface area contributed by atoms with E-state index >= 15 is 0 Å². The zero-order valence-corrected chi connectivity index (χ0v) is 18.7. The fraction of sp³-hybridized carbons (Fsp3) is 0.409. The first-order chi connectivity index (χ1) is 15.4. The van der Waals surface area contributed by atoms with Gasteiger partial charge in [-0.2, -0.15) is 0 Å². The van der Waals surface area contributed by atoms with Gasteiger partial charge in [0.2, 0.25) is 0 Å². The normalized spacial score (nSPS) is 21.0. The van der Waals surface area contributed by atoms with E-state index in [1.165, 1.54) is 11.0 Å². The van der Waals surface area contributed by atoms with Gasteiger partial charge in [-0.25, -0.2) is 9.18 Å². The Kier molecular flexibility index (Phi) is 7.07. The summed E-state index contributed by atoms with van der Waals surface area (Å²) in [5.41, 5.74) is 0.885. The fourth-order valence-corrected chi connectivity index (χ4v) is 4.76. The van der Waals surface area contributed by atoms with Crippen molar-refractivity contribution in [3.05, 3.63) is 50.9 Å². The number of carbonyl (C=O) groups excluding carboxylic acids is 3. The molecule has 3 heterocycles. The Morgan fingerprint density at radius 2 is 2.12 bits per heavy atom. The molecule has 1 N–H and O–H groups in total. The second-order valence-corrected chi connectivity index (χ2v) is 9.47. The van der Waals surface area contributed by atoms with Crippen molar-refractivity contribution in [3.63, 3.8) is 0 Å². The topological polar surface area (TPSA) is 84.9 Å². The van der Waals surface area contributed by atoms with Crippen molar-refractivity contribution in [2.75, 3.05) is 31.2 Å². The molecular formula is C22H22ClFN2O5S. The molecular weight excluding hydrogens is 459 g/mol. The summed E-state index contributed by atoms with van der Waals surface area (Å²) in [7, 11) is 0. The van der Waals surface area contributed by atoms with E-state index in [-0.39, 0.29) is 43.0 Å². The summed E-state index contributed by atoms with van der Waals surface area (Å²) in [5.74, 6) is -0.805. The van der Waals surface area contributed by atoms with Crippen molar-refractivity contribution in [2.24, 2.45) is 5.92 Å². The van der Waals surface area contributed by atoms with Crippen molar-refractivity contribution in [2.45, 2.75) is 25.4 Å². The summed E-state index contributed by atoms with van der Waals surface area (Å²) in [5, 5.41) is 2.70. The molecule has 2 saturated heterocycles. The third kappa shape index (κ3) is 5.28. The van der Waals surface area contributed by atoms with Crippen molar-refractivity contribution in [1.29, 1.82) is 0 Å². The molecule has 2 fully saturated rings. The van der Waals surface area contributed by atoms with Crippen LogP contribution in [-0.4, -0.2) is 50.2 Å². The maximum absolute atomic E-state index is 14.8. The molecule has 1 unspecified atom stereocenters. The van der Waals surface area contributed by atoms with E-state index in [0.717, 1.165) is 16.9 Å². The number of aryl methyl sites for hydroxylation is 1. The highest BCUT2D eigenvalue weighted by Crippen LogP contribution is 2.27. The zero-order valence-electron chi connectivity index (χ0n) is 17.1. The lowest BCUT2D eigenvalue weighted by atomic mass is 9.92. The fourth-order valence-electron chi connectivity index (χ4n) is 3.80. The number of carbonyl (C=O) groups is 3. The van der Waals surface area contributed by atoms with Gasteiger partial charge in [-0.1, -0.05) is 17.7 Å². The van der Waals surface area contributed by atoms with Gasteiger partial charge in [0.1, 0.15) is 18.5 Å². The van der Waals surface area contributed by atoms with E-state index in [1.54, 1.807) is 24.3 Å². The minimum atomic E-state index is -0.664. The molecule has 0 bridgehead atoms. The lowest BCUT2D eigenvalue weighted by molar-refractivity contribution is -0.132. The van der Waals surface area contributed by atoms with Gasteiger partial charge in [0.25, 0.3) is 5.91 Å². The number of benzene rings is 1. The highest BCUT2D eigenvalue weighted by molar-refractivity contribution is 7.18. The minimum Gasteiger partial charge on any atom is -0.442 e. The number of halogens is 2. The van der Waals surface area contributed by atoms with Crippen molar-refractivity contribution >= 4 is 46.4 Å². The average molecular weight is 481 g/mol. The second-order valence-electron chi connectivity index (χ2n) is 7.76. The van der Waals surface area contributed by atoms with E-state index in [4.69, 9.17) is 21.1 Å². The summed E-state index contributed by atoms with van der Waals surface area (Å²) < 4.78 is 25.7. The standard InChI is InChI=1S/C22H22ClFN2O5S/c23-20-6-5-19(32-20)21(28)25-10-15-11-26(22(29)31-15)17-4-2-13(9-16(17)24)1-3-14-7-8-30-12-18(14)27/h2,4-6,9,14-15H,1,3,7-8,10-12H2,(H,25,28)/t14?,15-/m0/s1. The van der Waals surface area contributed by atoms with Crippen molar-refractivity contribution < 1.29 is 28.2 Å². The van der Waals surface area contributed by atoms with E-state index in [9.17, 15) is 18.8 Å². The number of cyclic esters (lactones) is 1. The maximum Gasteiger partial charge on any atom is 0.414 e. The molecule has 1 aromatic carbocycles. The van der Waals surface area contributed by atoms with E-state index < -0.39 is 18.0 Å². The van der Waals surface area contributed by atoms with Crippen LogP contribution in [0.25, 0.3) is 0 Å². The van der Waals surface area contributed by atoms with Crippen LogP contribution in [0.5, 0.6) is 0 Å². The zero-order chi connectivity index (χ0) is 22.7. The quantitative estimate of drug-likeness (QED) is 0.651. The highest BCUT2D eigenvalue weighted by Gasteiger charge is 2.34. The van der Waals surface area contributed by atoms with Gasteiger partial charge < -0.3 is 14.8 Å². The van der Waals surface area contributed by atoms with Crippen LogP contribution < -0.4 is 10.2 Å². The average Bonchev–Trinajstić information content (AvgIpc) is 3.37. The molecule has 2 atom stereocenters. The van der Waals surface area contributed by atoms with Crippen molar-refractivity contribution in [1.82, 2.24) is 5.32 Å². The Morgan fingerprint density at radius 1 is 1.28 bits per heavy atom. The lowest BCUT2D eigenvalue weighted by Crippen LogP contribution is -2.34. The summed E-state index contributed by atoms with van der Waals surface area (Å²) in [4.78, 5) is 37.9. The van der Waals surface area contributed by atoms with Gasteiger partial charge >= 0.3 is 6.09 Å². The molecule has 32 heavy (non-hydrogen) atoms. The number of hydrogen-bond donors (Lipinski definition) is 1. The van der Waals surface area contributed by atoms with E-state index in [0.29, 0.717) is 35.1 Å². The third-order valence-corrected chi connectivity index (χ3v) is 6.79. The monoisotopic (exact) mass is 480 g/mol. The first-order valence-electron chi connectivity index (χ1n) is 10.3. The number of rotatable bonds is 7. The number of amides is 2. The molecule has 0 aliphatic carbocycles. The maximum atomic E-state index is 14.8. The summed E-state index contributed by atoms with van der Waals surface area (Å²) in [6.07, 6.45) is 0.642. The van der Waals surface area contributed by atoms with Crippen LogP contribution in [0.4, 0.5) is 14.9 Å². The molecule has 2 aliphatic rings. The third-order valence-electron chi connectivity index (χ3n) is 5.56. The van der Waals surface area contributed by atoms with Gasteiger partial charge in [0.15, 0.2) is 5.78 Å². The van der Waals surface area contributed by atoms with Crippen molar-refractivity contribution in [3.8, 4) is 0 Å². The summed E-state index contributed by atoms with van der Waals surface area (Å²) in [6, 6.07) is 7.94.